The molecule has 184 valence electrons. The van der Waals surface area contributed by atoms with E-state index in [1.165, 1.54) is 5.56 Å². The van der Waals surface area contributed by atoms with Gasteiger partial charge in [-0.2, -0.15) is 4.98 Å². The number of hydrogen-bond acceptors (Lipinski definition) is 8. The molecule has 0 radical (unpaired) electrons. The number of piperidine rings is 2. The normalized spacial score (nSPS) is 23.2. The van der Waals surface area contributed by atoms with Crippen molar-refractivity contribution in [1.82, 2.24) is 19.9 Å². The first kappa shape index (κ1) is 22.6. The molecule has 35 heavy (non-hydrogen) atoms. The van der Waals surface area contributed by atoms with Crippen LogP contribution in [-0.4, -0.2) is 68.8 Å². The fourth-order valence-corrected chi connectivity index (χ4v) is 6.61. The number of carbonyl (C=O) groups excluding carboxylic acids is 1. The first-order chi connectivity index (χ1) is 16.9. The van der Waals surface area contributed by atoms with Crippen molar-refractivity contribution in [2.24, 2.45) is 0 Å². The monoisotopic (exact) mass is 494 g/mol. The molecule has 1 N–H and O–H groups in total. The predicted molar refractivity (Wildman–Crippen MR) is 134 cm³/mol. The smallest absolute Gasteiger partial charge is 0.227 e. The second kappa shape index (κ2) is 8.98. The van der Waals surface area contributed by atoms with E-state index in [9.17, 15) is 9.35 Å². The molecule has 0 saturated carbocycles. The molecule has 1 aromatic carbocycles. The average Bonchev–Trinajstić information content (AvgIpc) is 3.45. The van der Waals surface area contributed by atoms with Crippen molar-refractivity contribution in [3.63, 3.8) is 0 Å². The maximum Gasteiger partial charge on any atom is 0.227 e. The van der Waals surface area contributed by atoms with E-state index >= 15 is 0 Å². The molecule has 9 nitrogen and oxygen atoms in total. The highest BCUT2D eigenvalue weighted by Crippen LogP contribution is 2.35. The van der Waals surface area contributed by atoms with E-state index in [0.29, 0.717) is 36.9 Å². The molecule has 0 spiro atoms. The summed E-state index contributed by atoms with van der Waals surface area (Å²) < 4.78 is 18.8. The summed E-state index contributed by atoms with van der Waals surface area (Å²) in [7, 11) is 1.83. The standard InChI is InChI=1S/C25H30N6O3S/c1-15-3-5-18-20(13-15)34-24(27-18)16-7-10-31(11-8-16)25-28-19-9-12-35(33)22(19)23(29-25)26-17-4-6-21(32)30(2)14-17/h3,5,13,16-17H,4,6-12,14H2,1-2H3,(H,26,28,29)/t17-,35?/m0/s1. The van der Waals surface area contributed by atoms with Gasteiger partial charge in [-0.25, -0.2) is 9.97 Å². The maximum absolute atomic E-state index is 12.7. The molecule has 0 aliphatic carbocycles. The van der Waals surface area contributed by atoms with Crippen LogP contribution in [0.3, 0.4) is 0 Å². The molecule has 3 aromatic rings. The zero-order chi connectivity index (χ0) is 24.1. The van der Waals surface area contributed by atoms with E-state index in [0.717, 1.165) is 59.9 Å². The van der Waals surface area contributed by atoms with Gasteiger partial charge in [-0.1, -0.05) is 6.07 Å². The summed E-state index contributed by atoms with van der Waals surface area (Å²) in [5.74, 6) is 3.20. The molecule has 0 bridgehead atoms. The Kier molecular flexibility index (Phi) is 5.80. The minimum absolute atomic E-state index is 0.0932. The van der Waals surface area contributed by atoms with E-state index in [1.807, 2.05) is 19.2 Å². The highest BCUT2D eigenvalue weighted by Gasteiger charge is 2.35. The Morgan fingerprint density at radius 2 is 1.97 bits per heavy atom. The van der Waals surface area contributed by atoms with E-state index in [-0.39, 0.29) is 17.9 Å². The van der Waals surface area contributed by atoms with Gasteiger partial charge in [0.25, 0.3) is 0 Å². The van der Waals surface area contributed by atoms with Gasteiger partial charge in [0.2, 0.25) is 16.8 Å². The van der Waals surface area contributed by atoms with Crippen molar-refractivity contribution >= 4 is 39.9 Å². The number of aryl methyl sites for hydroxylation is 2. The van der Waals surface area contributed by atoms with E-state index < -0.39 is 11.2 Å². The first-order valence-corrected chi connectivity index (χ1v) is 13.7. The Labute approximate surface area is 207 Å². The summed E-state index contributed by atoms with van der Waals surface area (Å²) >= 11 is -1.09. The van der Waals surface area contributed by atoms with Crippen molar-refractivity contribution in [3.8, 4) is 0 Å². The van der Waals surface area contributed by atoms with E-state index in [4.69, 9.17) is 19.4 Å². The van der Waals surface area contributed by atoms with Crippen molar-refractivity contribution < 1.29 is 13.8 Å². The van der Waals surface area contributed by atoms with Crippen LogP contribution in [0, 0.1) is 6.92 Å². The number of rotatable bonds is 4. The Bertz CT molecular complexity index is 1270. The molecule has 1 unspecified atom stereocenters. The number of likely N-dealkylation sites (tertiary alicyclic amines) is 1. The summed E-state index contributed by atoms with van der Waals surface area (Å²) in [5.41, 5.74) is 3.81. The van der Waals surface area contributed by atoms with Crippen molar-refractivity contribution in [2.45, 2.75) is 55.9 Å². The third-order valence-electron chi connectivity index (χ3n) is 7.33. The van der Waals surface area contributed by atoms with Crippen LogP contribution in [0.5, 0.6) is 0 Å². The molecule has 3 aliphatic rings. The van der Waals surface area contributed by atoms with Gasteiger partial charge in [-0.05, 0) is 55.1 Å². The molecule has 6 rings (SSSR count). The number of fused-ring (bicyclic) bond motifs is 2. The van der Waals surface area contributed by atoms with Crippen LogP contribution in [-0.2, 0) is 22.4 Å². The predicted octanol–water partition coefficient (Wildman–Crippen LogP) is 3.01. The number of nitrogens with zero attached hydrogens (tertiary/aromatic N) is 5. The van der Waals surface area contributed by atoms with Crippen molar-refractivity contribution in [3.05, 3.63) is 35.3 Å². The highest BCUT2D eigenvalue weighted by molar-refractivity contribution is 7.91. The summed E-state index contributed by atoms with van der Waals surface area (Å²) in [6.07, 6.45) is 3.79. The lowest BCUT2D eigenvalue weighted by atomic mass is 9.97. The lowest BCUT2D eigenvalue weighted by Gasteiger charge is -2.32. The summed E-state index contributed by atoms with van der Waals surface area (Å²) in [6.45, 7) is 4.30. The first-order valence-electron chi connectivity index (χ1n) is 12.4. The van der Waals surface area contributed by atoms with E-state index in [2.05, 4.69) is 23.2 Å². The second-order valence-electron chi connectivity index (χ2n) is 9.89. The topological polar surface area (TPSA) is 110 Å². The molecule has 3 aliphatic heterocycles. The zero-order valence-electron chi connectivity index (χ0n) is 20.1. The van der Waals surface area contributed by atoms with Crippen LogP contribution in [0.4, 0.5) is 11.8 Å². The number of hydrogen-bond donors (Lipinski definition) is 1. The number of likely N-dealkylation sites (N-methyl/N-ethyl adjacent to an activating group) is 1. The van der Waals surface area contributed by atoms with Crippen LogP contribution in [0.25, 0.3) is 11.1 Å². The van der Waals surface area contributed by atoms with Crippen LogP contribution in [0.2, 0.25) is 0 Å². The number of oxazole rings is 1. The molecule has 2 atom stereocenters. The fraction of sp³-hybridized carbons (Fsp3) is 0.520. The zero-order valence-corrected chi connectivity index (χ0v) is 20.9. The van der Waals surface area contributed by atoms with Gasteiger partial charge in [0.05, 0.1) is 0 Å². The lowest BCUT2D eigenvalue weighted by molar-refractivity contribution is -0.132. The summed E-state index contributed by atoms with van der Waals surface area (Å²) in [6, 6.07) is 6.21. The molecular formula is C25H30N6O3S. The SMILES string of the molecule is Cc1ccc2nc(C3CCN(c4nc5c(c(N[C@H]6CCC(=O)N(C)C6)n4)[S+]([O-])CC5)CC3)oc2c1. The van der Waals surface area contributed by atoms with Gasteiger partial charge in [-0.15, -0.1) is 0 Å². The molecular weight excluding hydrogens is 464 g/mol. The molecule has 1 amide bonds. The maximum atomic E-state index is 12.7. The number of aromatic nitrogens is 3. The largest absolute Gasteiger partial charge is 0.611 e. The third kappa shape index (κ3) is 4.33. The van der Waals surface area contributed by atoms with Crippen LogP contribution in [0.15, 0.2) is 27.5 Å². The third-order valence-corrected chi connectivity index (χ3v) is 8.79. The average molecular weight is 495 g/mol. The Morgan fingerprint density at radius 3 is 2.77 bits per heavy atom. The summed E-state index contributed by atoms with van der Waals surface area (Å²) in [4.78, 5) is 31.0. The van der Waals surface area contributed by atoms with Gasteiger partial charge in [-0.3, -0.25) is 4.79 Å². The number of carbonyl (C=O) groups is 1. The lowest BCUT2D eigenvalue weighted by Crippen LogP contribution is -2.43. The summed E-state index contributed by atoms with van der Waals surface area (Å²) in [5, 5.41) is 3.51. The number of benzene rings is 1. The van der Waals surface area contributed by atoms with Crippen LogP contribution < -0.4 is 10.2 Å². The quantitative estimate of drug-likeness (QED) is 0.551. The highest BCUT2D eigenvalue weighted by atomic mass is 32.2. The molecule has 2 saturated heterocycles. The van der Waals surface area contributed by atoms with Crippen LogP contribution in [0.1, 0.15) is 48.7 Å². The second-order valence-corrected chi connectivity index (χ2v) is 11.4. The molecule has 2 fully saturated rings. The van der Waals surface area contributed by atoms with Gasteiger partial charge < -0.3 is 24.1 Å². The minimum atomic E-state index is -1.09. The van der Waals surface area contributed by atoms with E-state index in [1.54, 1.807) is 4.90 Å². The molecule has 10 heteroatoms. The Hall–Kier alpha value is -2.85. The number of amides is 1. The number of nitrogens with one attached hydrogen (secondary N) is 1. The number of anilines is 2. The van der Waals surface area contributed by atoms with Crippen LogP contribution >= 0.6 is 0 Å². The Balaban J connectivity index is 1.20. The van der Waals surface area contributed by atoms with Gasteiger partial charge >= 0.3 is 0 Å². The minimum Gasteiger partial charge on any atom is -0.611 e. The fourth-order valence-electron chi connectivity index (χ4n) is 5.30. The van der Waals surface area contributed by atoms with Crippen molar-refractivity contribution in [1.29, 1.82) is 0 Å². The van der Waals surface area contributed by atoms with Gasteiger partial charge in [0.1, 0.15) is 17.0 Å². The van der Waals surface area contributed by atoms with Crippen molar-refractivity contribution in [2.75, 3.05) is 42.7 Å². The molecule has 2 aromatic heterocycles. The Morgan fingerprint density at radius 1 is 1.14 bits per heavy atom. The van der Waals surface area contributed by atoms with Gasteiger partial charge in [0, 0.05) is 51.5 Å². The molecule has 5 heterocycles. The van der Waals surface area contributed by atoms with Gasteiger partial charge in [0.15, 0.2) is 17.3 Å².